The Hall–Kier alpha value is -3.02. The fraction of sp³-hybridized carbons (Fsp3) is 0.130. The summed E-state index contributed by atoms with van der Waals surface area (Å²) in [5, 5.41) is 1.03. The average Bonchev–Trinajstić information content (AvgIpc) is 2.77. The second-order valence-corrected chi connectivity index (χ2v) is 7.10. The molecule has 0 fully saturated rings. The molecule has 0 atom stereocenters. The Morgan fingerprint density at radius 1 is 0.867 bits per heavy atom. The van der Waals surface area contributed by atoms with Gasteiger partial charge in [0.05, 0.1) is 12.7 Å². The predicted molar refractivity (Wildman–Crippen MR) is 115 cm³/mol. The molecule has 5 nitrogen and oxygen atoms in total. The zero-order valence-electron chi connectivity index (χ0n) is 16.1. The fourth-order valence-electron chi connectivity index (χ4n) is 2.63. The second kappa shape index (κ2) is 10.1. The average molecular weight is 445 g/mol. The normalized spacial score (nSPS) is 10.4. The standard InChI is InChI=1S/C23H18Cl2O5/c1-28-22-11-16(23(27)30-14-20(26)15-5-3-2-4-6-15)8-10-21(22)29-13-17-7-9-18(24)12-19(17)25/h2-12H,13-14H2,1H3. The number of methoxy groups -OCH3 is 1. The Morgan fingerprint density at radius 3 is 2.33 bits per heavy atom. The number of ether oxygens (including phenoxy) is 3. The van der Waals surface area contributed by atoms with Crippen molar-refractivity contribution < 1.29 is 23.8 Å². The van der Waals surface area contributed by atoms with Gasteiger partial charge < -0.3 is 14.2 Å². The molecule has 3 rings (SSSR count). The molecule has 0 radical (unpaired) electrons. The molecule has 0 aliphatic carbocycles. The maximum Gasteiger partial charge on any atom is 0.338 e. The van der Waals surface area contributed by atoms with Crippen LogP contribution in [0.25, 0.3) is 0 Å². The summed E-state index contributed by atoms with van der Waals surface area (Å²) in [6.07, 6.45) is 0. The van der Waals surface area contributed by atoms with Crippen molar-refractivity contribution in [3.05, 3.63) is 93.5 Å². The van der Waals surface area contributed by atoms with Crippen molar-refractivity contribution in [1.82, 2.24) is 0 Å². The number of ketones is 1. The van der Waals surface area contributed by atoms with Gasteiger partial charge in [0.1, 0.15) is 6.61 Å². The SMILES string of the molecule is COc1cc(C(=O)OCC(=O)c2ccccc2)ccc1OCc1ccc(Cl)cc1Cl. The number of halogens is 2. The van der Waals surface area contributed by atoms with Gasteiger partial charge in [-0.3, -0.25) is 4.79 Å². The Bertz CT molecular complexity index is 1050. The molecular weight excluding hydrogens is 427 g/mol. The van der Waals surface area contributed by atoms with E-state index in [4.69, 9.17) is 37.4 Å². The summed E-state index contributed by atoms with van der Waals surface area (Å²) in [4.78, 5) is 24.4. The number of hydrogen-bond acceptors (Lipinski definition) is 5. The Morgan fingerprint density at radius 2 is 1.63 bits per heavy atom. The number of rotatable bonds is 8. The van der Waals surface area contributed by atoms with E-state index in [9.17, 15) is 9.59 Å². The number of Topliss-reactive ketones (excluding diaryl/α,β-unsaturated/α-hetero) is 1. The molecule has 3 aromatic carbocycles. The van der Waals surface area contributed by atoms with E-state index in [2.05, 4.69) is 0 Å². The van der Waals surface area contributed by atoms with Gasteiger partial charge in [-0.25, -0.2) is 4.79 Å². The number of hydrogen-bond donors (Lipinski definition) is 0. The summed E-state index contributed by atoms with van der Waals surface area (Å²) >= 11 is 12.1. The van der Waals surface area contributed by atoms with Crippen LogP contribution in [0.2, 0.25) is 10.0 Å². The van der Waals surface area contributed by atoms with Crippen molar-refractivity contribution in [3.8, 4) is 11.5 Å². The van der Waals surface area contributed by atoms with Gasteiger partial charge in [-0.2, -0.15) is 0 Å². The molecule has 0 amide bonds. The maximum atomic E-state index is 12.3. The zero-order valence-corrected chi connectivity index (χ0v) is 17.6. The highest BCUT2D eigenvalue weighted by atomic mass is 35.5. The lowest BCUT2D eigenvalue weighted by molar-refractivity contribution is 0.0474. The third-order valence-electron chi connectivity index (χ3n) is 4.23. The summed E-state index contributed by atoms with van der Waals surface area (Å²) in [7, 11) is 1.46. The lowest BCUT2D eigenvalue weighted by Gasteiger charge is -2.13. The van der Waals surface area contributed by atoms with Gasteiger partial charge in [-0.15, -0.1) is 0 Å². The van der Waals surface area contributed by atoms with Crippen molar-refractivity contribution >= 4 is 35.0 Å². The summed E-state index contributed by atoms with van der Waals surface area (Å²) in [6, 6.07) is 18.4. The van der Waals surface area contributed by atoms with Crippen LogP contribution in [0.15, 0.2) is 66.7 Å². The van der Waals surface area contributed by atoms with Crippen molar-refractivity contribution in [2.45, 2.75) is 6.61 Å². The molecule has 0 bridgehead atoms. The lowest BCUT2D eigenvalue weighted by Crippen LogP contribution is -2.14. The molecule has 0 aliphatic rings. The van der Waals surface area contributed by atoms with Crippen molar-refractivity contribution in [2.75, 3.05) is 13.7 Å². The molecule has 0 aliphatic heterocycles. The minimum Gasteiger partial charge on any atom is -0.493 e. The molecule has 30 heavy (non-hydrogen) atoms. The van der Waals surface area contributed by atoms with E-state index in [1.807, 2.05) is 0 Å². The molecule has 0 N–H and O–H groups in total. The van der Waals surface area contributed by atoms with E-state index in [1.165, 1.54) is 19.2 Å². The first-order valence-electron chi connectivity index (χ1n) is 8.98. The number of benzene rings is 3. The zero-order chi connectivity index (χ0) is 21.5. The van der Waals surface area contributed by atoms with Crippen LogP contribution in [0.1, 0.15) is 26.3 Å². The van der Waals surface area contributed by atoms with Gasteiger partial charge >= 0.3 is 5.97 Å². The van der Waals surface area contributed by atoms with Crippen LogP contribution in [0.3, 0.4) is 0 Å². The molecule has 154 valence electrons. The largest absolute Gasteiger partial charge is 0.493 e. The van der Waals surface area contributed by atoms with Crippen LogP contribution < -0.4 is 9.47 Å². The molecule has 0 saturated carbocycles. The van der Waals surface area contributed by atoms with E-state index in [0.29, 0.717) is 27.1 Å². The minimum atomic E-state index is -0.634. The quantitative estimate of drug-likeness (QED) is 0.333. The molecule has 3 aromatic rings. The fourth-order valence-corrected chi connectivity index (χ4v) is 3.09. The second-order valence-electron chi connectivity index (χ2n) is 6.26. The third-order valence-corrected chi connectivity index (χ3v) is 4.81. The van der Waals surface area contributed by atoms with E-state index in [-0.39, 0.29) is 24.6 Å². The van der Waals surface area contributed by atoms with Gasteiger partial charge in [0.15, 0.2) is 23.9 Å². The van der Waals surface area contributed by atoms with Gasteiger partial charge in [0, 0.05) is 21.2 Å². The highest BCUT2D eigenvalue weighted by Gasteiger charge is 2.15. The number of esters is 1. The van der Waals surface area contributed by atoms with Crippen LogP contribution in [0, 0.1) is 0 Å². The van der Waals surface area contributed by atoms with Crippen LogP contribution in [-0.4, -0.2) is 25.5 Å². The van der Waals surface area contributed by atoms with Crippen LogP contribution >= 0.6 is 23.2 Å². The Balaban J connectivity index is 1.64. The molecule has 0 spiro atoms. The van der Waals surface area contributed by atoms with E-state index in [0.717, 1.165) is 5.56 Å². The monoisotopic (exact) mass is 444 g/mol. The number of carbonyl (C=O) groups excluding carboxylic acids is 2. The lowest BCUT2D eigenvalue weighted by atomic mass is 10.1. The van der Waals surface area contributed by atoms with E-state index < -0.39 is 5.97 Å². The van der Waals surface area contributed by atoms with Crippen LogP contribution in [-0.2, 0) is 11.3 Å². The molecule has 7 heteroatoms. The smallest absolute Gasteiger partial charge is 0.338 e. The molecule has 0 unspecified atom stereocenters. The first kappa shape index (κ1) is 21.7. The highest BCUT2D eigenvalue weighted by molar-refractivity contribution is 6.35. The summed E-state index contributed by atoms with van der Waals surface area (Å²) < 4.78 is 16.2. The first-order valence-corrected chi connectivity index (χ1v) is 9.73. The van der Waals surface area contributed by atoms with Gasteiger partial charge in [0.25, 0.3) is 0 Å². The first-order chi connectivity index (χ1) is 14.5. The Kier molecular flexibility index (Phi) is 7.33. The van der Waals surface area contributed by atoms with E-state index in [1.54, 1.807) is 54.6 Å². The van der Waals surface area contributed by atoms with Crippen molar-refractivity contribution in [3.63, 3.8) is 0 Å². The third kappa shape index (κ3) is 5.53. The highest BCUT2D eigenvalue weighted by Crippen LogP contribution is 2.30. The summed E-state index contributed by atoms with van der Waals surface area (Å²) in [5.41, 5.74) is 1.48. The topological polar surface area (TPSA) is 61.8 Å². The van der Waals surface area contributed by atoms with Crippen molar-refractivity contribution in [2.24, 2.45) is 0 Å². The molecular formula is C23H18Cl2O5. The van der Waals surface area contributed by atoms with Gasteiger partial charge in [0.2, 0.25) is 0 Å². The van der Waals surface area contributed by atoms with E-state index >= 15 is 0 Å². The summed E-state index contributed by atoms with van der Waals surface area (Å²) in [5.74, 6) is -0.134. The van der Waals surface area contributed by atoms with Gasteiger partial charge in [-0.1, -0.05) is 59.6 Å². The minimum absolute atomic E-state index is 0.196. The summed E-state index contributed by atoms with van der Waals surface area (Å²) in [6.45, 7) is -0.153. The molecule has 0 saturated heterocycles. The maximum absolute atomic E-state index is 12.3. The van der Waals surface area contributed by atoms with Crippen LogP contribution in [0.4, 0.5) is 0 Å². The predicted octanol–water partition coefficient (Wildman–Crippen LogP) is 5.62. The number of carbonyl (C=O) groups is 2. The van der Waals surface area contributed by atoms with Crippen LogP contribution in [0.5, 0.6) is 11.5 Å². The van der Waals surface area contributed by atoms with Crippen molar-refractivity contribution in [1.29, 1.82) is 0 Å². The van der Waals surface area contributed by atoms with Gasteiger partial charge in [-0.05, 0) is 30.3 Å². The Labute approximate surface area is 184 Å². The molecule has 0 aromatic heterocycles. The molecule has 0 heterocycles.